The van der Waals surface area contributed by atoms with Gasteiger partial charge in [0.1, 0.15) is 36.9 Å². The molecule has 2 N–H and O–H groups in total. The van der Waals surface area contributed by atoms with Crippen molar-refractivity contribution in [2.45, 2.75) is 33.0 Å². The van der Waals surface area contributed by atoms with E-state index in [0.29, 0.717) is 24.7 Å². The first-order valence-corrected chi connectivity index (χ1v) is 10.8. The lowest BCUT2D eigenvalue weighted by Crippen LogP contribution is -2.24. The molecule has 6 nitrogen and oxygen atoms in total. The number of aliphatic hydroxyl groups is 2. The van der Waals surface area contributed by atoms with Crippen molar-refractivity contribution >= 4 is 21.5 Å². The van der Waals surface area contributed by atoms with Gasteiger partial charge in [0.2, 0.25) is 0 Å². The van der Waals surface area contributed by atoms with Gasteiger partial charge in [0.25, 0.3) is 0 Å². The van der Waals surface area contributed by atoms with Crippen molar-refractivity contribution in [3.05, 3.63) is 48.0 Å². The van der Waals surface area contributed by atoms with Crippen LogP contribution in [0.3, 0.4) is 0 Å². The molecule has 3 rings (SSSR count). The molecule has 0 heterocycles. The summed E-state index contributed by atoms with van der Waals surface area (Å²) in [5, 5.41) is 23.9. The third kappa shape index (κ3) is 5.86. The molecule has 0 bridgehead atoms. The van der Waals surface area contributed by atoms with Gasteiger partial charge in [-0.05, 0) is 26.8 Å². The SMILES string of the molecule is CCOCC(O)COc1c2ccccc2c(OCC(O)COCC)c2cc(C)ccc12. The minimum absolute atomic E-state index is 0.125. The van der Waals surface area contributed by atoms with Crippen LogP contribution in [0.25, 0.3) is 21.5 Å². The molecule has 2 unspecified atom stereocenters. The van der Waals surface area contributed by atoms with E-state index in [1.807, 2.05) is 57.2 Å². The van der Waals surface area contributed by atoms with Gasteiger partial charge in [-0.2, -0.15) is 0 Å². The minimum Gasteiger partial charge on any atom is -0.489 e. The number of aliphatic hydroxyl groups excluding tert-OH is 2. The second-order valence-electron chi connectivity index (χ2n) is 7.50. The normalized spacial score (nSPS) is 13.5. The standard InChI is InChI=1S/C25H32O6/c1-4-28-13-18(26)15-30-24-20-8-6-7-9-21(20)25(31-16-19(27)14-29-5-2)23-12-17(3)10-11-22(23)24/h6-12,18-19,26-27H,4-5,13-16H2,1-3H3. The molecular weight excluding hydrogens is 396 g/mol. The van der Waals surface area contributed by atoms with Crippen molar-refractivity contribution in [3.63, 3.8) is 0 Å². The second kappa shape index (κ2) is 11.3. The van der Waals surface area contributed by atoms with Crippen LogP contribution in [-0.4, -0.2) is 62.1 Å². The van der Waals surface area contributed by atoms with E-state index in [1.165, 1.54) is 0 Å². The number of hydrogen-bond acceptors (Lipinski definition) is 6. The number of aryl methyl sites for hydroxylation is 1. The molecule has 3 aromatic carbocycles. The van der Waals surface area contributed by atoms with Crippen LogP contribution < -0.4 is 9.47 Å². The van der Waals surface area contributed by atoms with Crippen LogP contribution >= 0.6 is 0 Å². The summed E-state index contributed by atoms with van der Waals surface area (Å²) in [6.07, 6.45) is -1.44. The Labute approximate surface area is 183 Å². The highest BCUT2D eigenvalue weighted by molar-refractivity contribution is 6.11. The molecule has 0 saturated carbocycles. The van der Waals surface area contributed by atoms with Gasteiger partial charge in [-0.15, -0.1) is 0 Å². The Morgan fingerprint density at radius 1 is 0.677 bits per heavy atom. The zero-order valence-electron chi connectivity index (χ0n) is 18.5. The maximum atomic E-state index is 10.2. The maximum Gasteiger partial charge on any atom is 0.135 e. The summed E-state index contributed by atoms with van der Waals surface area (Å²) in [7, 11) is 0. The average molecular weight is 429 g/mol. The molecule has 168 valence electrons. The lowest BCUT2D eigenvalue weighted by molar-refractivity contribution is 0.0166. The summed E-state index contributed by atoms with van der Waals surface area (Å²) in [5.41, 5.74) is 1.09. The number of hydrogen-bond donors (Lipinski definition) is 2. The first kappa shape index (κ1) is 23.3. The fourth-order valence-corrected chi connectivity index (χ4v) is 3.49. The molecule has 0 aliphatic carbocycles. The van der Waals surface area contributed by atoms with E-state index in [9.17, 15) is 10.2 Å². The zero-order chi connectivity index (χ0) is 22.2. The van der Waals surface area contributed by atoms with Crippen molar-refractivity contribution in [1.82, 2.24) is 0 Å². The molecule has 0 aliphatic rings. The lowest BCUT2D eigenvalue weighted by Gasteiger charge is -2.20. The lowest BCUT2D eigenvalue weighted by atomic mass is 9.99. The summed E-state index contributed by atoms with van der Waals surface area (Å²) in [6.45, 7) is 7.60. The van der Waals surface area contributed by atoms with Gasteiger partial charge in [-0.25, -0.2) is 0 Å². The van der Waals surface area contributed by atoms with Crippen LogP contribution in [-0.2, 0) is 9.47 Å². The van der Waals surface area contributed by atoms with Gasteiger partial charge in [0.15, 0.2) is 0 Å². The maximum absolute atomic E-state index is 10.2. The molecular formula is C25H32O6. The smallest absolute Gasteiger partial charge is 0.135 e. The third-order valence-corrected chi connectivity index (χ3v) is 4.95. The van der Waals surface area contributed by atoms with Crippen LogP contribution in [0.15, 0.2) is 42.5 Å². The summed E-state index contributed by atoms with van der Waals surface area (Å²) in [4.78, 5) is 0. The Morgan fingerprint density at radius 3 is 1.68 bits per heavy atom. The average Bonchev–Trinajstić information content (AvgIpc) is 2.78. The number of ether oxygens (including phenoxy) is 4. The fraction of sp³-hybridized carbons (Fsp3) is 0.440. The van der Waals surface area contributed by atoms with Crippen LogP contribution in [0.4, 0.5) is 0 Å². The highest BCUT2D eigenvalue weighted by atomic mass is 16.5. The van der Waals surface area contributed by atoms with E-state index < -0.39 is 12.2 Å². The van der Waals surface area contributed by atoms with Crippen molar-refractivity contribution in [2.75, 3.05) is 39.6 Å². The predicted molar refractivity (Wildman–Crippen MR) is 122 cm³/mol. The van der Waals surface area contributed by atoms with Crippen molar-refractivity contribution in [3.8, 4) is 11.5 Å². The van der Waals surface area contributed by atoms with Crippen molar-refractivity contribution in [2.24, 2.45) is 0 Å². The fourth-order valence-electron chi connectivity index (χ4n) is 3.49. The van der Waals surface area contributed by atoms with Gasteiger partial charge in [0, 0.05) is 34.8 Å². The van der Waals surface area contributed by atoms with E-state index in [4.69, 9.17) is 18.9 Å². The van der Waals surface area contributed by atoms with Gasteiger partial charge >= 0.3 is 0 Å². The first-order chi connectivity index (χ1) is 15.0. The summed E-state index contributed by atoms with van der Waals surface area (Å²) in [5.74, 6) is 1.40. The molecule has 0 fully saturated rings. The van der Waals surface area contributed by atoms with Crippen LogP contribution in [0.5, 0.6) is 11.5 Å². The highest BCUT2D eigenvalue weighted by Crippen LogP contribution is 2.43. The highest BCUT2D eigenvalue weighted by Gasteiger charge is 2.18. The minimum atomic E-state index is -0.719. The number of rotatable bonds is 12. The Balaban J connectivity index is 2.01. The summed E-state index contributed by atoms with van der Waals surface area (Å²) < 4.78 is 22.8. The van der Waals surface area contributed by atoms with Crippen molar-refractivity contribution < 1.29 is 29.2 Å². The molecule has 0 radical (unpaired) electrons. The molecule has 0 aliphatic heterocycles. The van der Waals surface area contributed by atoms with Gasteiger partial charge in [0.05, 0.1) is 13.2 Å². The van der Waals surface area contributed by atoms with Gasteiger partial charge < -0.3 is 29.2 Å². The van der Waals surface area contributed by atoms with Crippen molar-refractivity contribution in [1.29, 1.82) is 0 Å². The summed E-state index contributed by atoms with van der Waals surface area (Å²) in [6, 6.07) is 13.9. The first-order valence-electron chi connectivity index (χ1n) is 10.8. The molecule has 0 amide bonds. The third-order valence-electron chi connectivity index (χ3n) is 4.95. The predicted octanol–water partition coefficient (Wildman–Crippen LogP) is 3.85. The van der Waals surface area contributed by atoms with Gasteiger partial charge in [-0.3, -0.25) is 0 Å². The Morgan fingerprint density at radius 2 is 1.16 bits per heavy atom. The quantitative estimate of drug-likeness (QED) is 0.427. The van der Waals surface area contributed by atoms with E-state index in [-0.39, 0.29) is 26.4 Å². The molecule has 2 atom stereocenters. The topological polar surface area (TPSA) is 77.4 Å². The molecule has 0 spiro atoms. The van der Waals surface area contributed by atoms with E-state index in [2.05, 4.69) is 6.07 Å². The Kier molecular flexibility index (Phi) is 8.49. The van der Waals surface area contributed by atoms with Crippen LogP contribution in [0.1, 0.15) is 19.4 Å². The molecule has 3 aromatic rings. The molecule has 6 heteroatoms. The van der Waals surface area contributed by atoms with Gasteiger partial charge in [-0.1, -0.05) is 42.0 Å². The monoisotopic (exact) mass is 428 g/mol. The number of benzene rings is 3. The Hall–Kier alpha value is -2.38. The zero-order valence-corrected chi connectivity index (χ0v) is 18.5. The second-order valence-corrected chi connectivity index (χ2v) is 7.50. The Bertz CT molecular complexity index is 987. The van der Waals surface area contributed by atoms with E-state index in [0.717, 1.165) is 27.1 Å². The largest absolute Gasteiger partial charge is 0.489 e. The van der Waals surface area contributed by atoms with Crippen LogP contribution in [0.2, 0.25) is 0 Å². The van der Waals surface area contributed by atoms with E-state index in [1.54, 1.807) is 0 Å². The van der Waals surface area contributed by atoms with Crippen LogP contribution in [0, 0.1) is 6.92 Å². The summed E-state index contributed by atoms with van der Waals surface area (Å²) >= 11 is 0. The molecule has 31 heavy (non-hydrogen) atoms. The number of fused-ring (bicyclic) bond motifs is 2. The molecule has 0 aromatic heterocycles. The molecule has 0 saturated heterocycles. The van der Waals surface area contributed by atoms with E-state index >= 15 is 0 Å².